The van der Waals surface area contributed by atoms with Gasteiger partial charge in [0.1, 0.15) is 12.4 Å². The van der Waals surface area contributed by atoms with Gasteiger partial charge in [-0.25, -0.2) is 4.79 Å². The van der Waals surface area contributed by atoms with Crippen molar-refractivity contribution in [1.29, 1.82) is 0 Å². The van der Waals surface area contributed by atoms with E-state index < -0.39 is 12.4 Å². The number of carbonyl (C=O) groups is 3. The number of aliphatic hydroxyl groups is 1. The minimum Gasteiger partial charge on any atom is -0.442 e. The number of hydrogen-bond acceptors (Lipinski definition) is 11. The second kappa shape index (κ2) is 31.4. The topological polar surface area (TPSA) is 124 Å². The van der Waals surface area contributed by atoms with E-state index in [1.807, 2.05) is 76.8 Å². The highest BCUT2D eigenvalue weighted by atomic mass is 127. The predicted molar refractivity (Wildman–Crippen MR) is 182 cm³/mol. The van der Waals surface area contributed by atoms with E-state index in [-0.39, 0.29) is 36.4 Å². The molecule has 0 radical (unpaired) electrons. The van der Waals surface area contributed by atoms with Crippen molar-refractivity contribution in [3.63, 3.8) is 0 Å². The van der Waals surface area contributed by atoms with Gasteiger partial charge in [0.05, 0.1) is 42.1 Å². The van der Waals surface area contributed by atoms with Gasteiger partial charge >= 0.3 is 6.09 Å². The fourth-order valence-corrected chi connectivity index (χ4v) is 4.05. The van der Waals surface area contributed by atoms with Gasteiger partial charge in [-0.05, 0) is 46.7 Å². The summed E-state index contributed by atoms with van der Waals surface area (Å²) in [5, 5.41) is 9.25. The third-order valence-corrected chi connectivity index (χ3v) is 7.63. The van der Waals surface area contributed by atoms with Crippen LogP contribution in [-0.4, -0.2) is 119 Å². The van der Waals surface area contributed by atoms with Crippen LogP contribution < -0.4 is 0 Å². The van der Waals surface area contributed by atoms with Gasteiger partial charge in [0.25, 0.3) is 0 Å². The predicted octanol–water partition coefficient (Wildman–Crippen LogP) is 5.80. The molecule has 0 spiro atoms. The van der Waals surface area contributed by atoms with Crippen LogP contribution in [0.5, 0.6) is 0 Å². The number of hydrogen-bond donors (Lipinski definition) is 1. The third-order valence-electron chi connectivity index (χ3n) is 6.42. The monoisotopic (exact) mass is 752 g/mol. The summed E-state index contributed by atoms with van der Waals surface area (Å²) in [7, 11) is 10.3. The summed E-state index contributed by atoms with van der Waals surface area (Å²) in [6, 6.07) is 0.466. The van der Waals surface area contributed by atoms with Gasteiger partial charge in [-0.2, -0.15) is 0 Å². The summed E-state index contributed by atoms with van der Waals surface area (Å²) in [6.07, 6.45) is 5.46. The number of halogens is 1. The molecule has 0 aromatic rings. The van der Waals surface area contributed by atoms with E-state index in [4.69, 9.17) is 18.9 Å². The van der Waals surface area contributed by atoms with Crippen LogP contribution in [-0.2, 0) is 32.7 Å². The SMILES string of the molecule is CC.CC1CC(N(C)C)CC(O)O1.CCC[C@@H](C)C(=O)CN1CC(COC)OC1=O.COCCCC(C)C=O.COSI. The Hall–Kier alpha value is -0.550. The van der Waals surface area contributed by atoms with Crippen LogP contribution in [0.4, 0.5) is 4.79 Å². The summed E-state index contributed by atoms with van der Waals surface area (Å²) in [4.78, 5) is 36.9. The maximum absolute atomic E-state index is 11.8. The zero-order valence-electron chi connectivity index (χ0n) is 28.5. The van der Waals surface area contributed by atoms with Gasteiger partial charge in [-0.15, -0.1) is 0 Å². The molecule has 2 heterocycles. The second-order valence-corrected chi connectivity index (χ2v) is 12.0. The molecule has 0 aliphatic carbocycles. The molecule has 2 fully saturated rings. The molecule has 43 heavy (non-hydrogen) atoms. The molecule has 2 aliphatic rings. The summed E-state index contributed by atoms with van der Waals surface area (Å²) < 4.78 is 24.5. The van der Waals surface area contributed by atoms with Crippen LogP contribution in [0.3, 0.4) is 0 Å². The molecule has 13 heteroatoms. The van der Waals surface area contributed by atoms with E-state index in [0.29, 0.717) is 19.2 Å². The summed E-state index contributed by atoms with van der Waals surface area (Å²) >= 11 is 2.05. The van der Waals surface area contributed by atoms with Gasteiger partial charge < -0.3 is 37.9 Å². The normalized spacial score (nSPS) is 22.2. The average Bonchev–Trinajstić information content (AvgIpc) is 3.32. The molecule has 2 saturated heterocycles. The largest absolute Gasteiger partial charge is 0.442 e. The highest BCUT2D eigenvalue weighted by Gasteiger charge is 2.33. The number of carbonyl (C=O) groups excluding carboxylic acids is 3. The molecule has 6 atom stereocenters. The number of cyclic esters (lactones) is 1. The van der Waals surface area contributed by atoms with Crippen molar-refractivity contribution in [2.24, 2.45) is 11.8 Å². The Morgan fingerprint density at radius 2 is 1.79 bits per heavy atom. The lowest BCUT2D eigenvalue weighted by Gasteiger charge is -2.34. The van der Waals surface area contributed by atoms with Crippen molar-refractivity contribution in [2.45, 2.75) is 105 Å². The number of rotatable bonds is 14. The molecule has 2 aliphatic heterocycles. The molecule has 1 amide bonds. The fraction of sp³-hybridized carbons (Fsp3) is 0.900. The molecule has 258 valence electrons. The Kier molecular flexibility index (Phi) is 34.3. The van der Waals surface area contributed by atoms with Crippen LogP contribution >= 0.6 is 30.4 Å². The first-order valence-electron chi connectivity index (χ1n) is 15.1. The van der Waals surface area contributed by atoms with Crippen LogP contribution in [0.25, 0.3) is 0 Å². The third kappa shape index (κ3) is 26.4. The Morgan fingerprint density at radius 3 is 2.23 bits per heavy atom. The van der Waals surface area contributed by atoms with E-state index >= 15 is 0 Å². The number of aliphatic hydroxyl groups excluding tert-OH is 1. The molecule has 0 aromatic heterocycles. The number of aldehydes is 1. The van der Waals surface area contributed by atoms with Gasteiger partial charge in [0, 0.05) is 66.3 Å². The minimum atomic E-state index is -0.564. The van der Waals surface area contributed by atoms with E-state index in [1.54, 1.807) is 21.3 Å². The molecule has 0 aromatic carbocycles. The quantitative estimate of drug-likeness (QED) is 0.100. The molecule has 5 unspecified atom stereocenters. The second-order valence-electron chi connectivity index (χ2n) is 10.5. The van der Waals surface area contributed by atoms with Crippen molar-refractivity contribution in [2.75, 3.05) is 61.7 Å². The molecular formula is C30H61IN2O9S. The van der Waals surface area contributed by atoms with Crippen molar-refractivity contribution in [1.82, 2.24) is 9.80 Å². The Labute approximate surface area is 278 Å². The van der Waals surface area contributed by atoms with Crippen molar-refractivity contribution in [3.05, 3.63) is 0 Å². The lowest BCUT2D eigenvalue weighted by atomic mass is 10.0. The molecular weight excluding hydrogens is 691 g/mol. The Balaban J connectivity index is -0.000000534. The summed E-state index contributed by atoms with van der Waals surface area (Å²) in [6.45, 7) is 13.6. The summed E-state index contributed by atoms with van der Waals surface area (Å²) in [5.74, 6) is 0.302. The first-order chi connectivity index (χ1) is 20.4. The molecule has 2 rings (SSSR count). The summed E-state index contributed by atoms with van der Waals surface area (Å²) in [5.41, 5.74) is 0. The van der Waals surface area contributed by atoms with Crippen molar-refractivity contribution >= 4 is 48.6 Å². The number of amides is 1. The van der Waals surface area contributed by atoms with Gasteiger partial charge in [-0.1, -0.05) is 41.0 Å². The van der Waals surface area contributed by atoms with Crippen molar-refractivity contribution in [3.8, 4) is 0 Å². The Morgan fingerprint density at radius 1 is 1.19 bits per heavy atom. The number of ketones is 1. The van der Waals surface area contributed by atoms with E-state index in [2.05, 4.69) is 9.08 Å². The number of ether oxygens (including phenoxy) is 4. The maximum Gasteiger partial charge on any atom is 0.410 e. The maximum atomic E-state index is 11.8. The minimum absolute atomic E-state index is 0.00859. The van der Waals surface area contributed by atoms with E-state index in [9.17, 15) is 19.5 Å². The van der Waals surface area contributed by atoms with Gasteiger partial charge in [-0.3, -0.25) is 9.69 Å². The number of Topliss-reactive ketones (excluding diaryl/α,β-unsaturated/α-hetero) is 1. The van der Waals surface area contributed by atoms with Crippen LogP contribution in [0.1, 0.15) is 80.1 Å². The lowest BCUT2D eigenvalue weighted by Crippen LogP contribution is -2.41. The van der Waals surface area contributed by atoms with Crippen LogP contribution in [0, 0.1) is 11.8 Å². The van der Waals surface area contributed by atoms with E-state index in [1.165, 1.54) is 14.1 Å². The smallest absolute Gasteiger partial charge is 0.410 e. The zero-order valence-corrected chi connectivity index (χ0v) is 31.5. The van der Waals surface area contributed by atoms with Gasteiger partial charge in [0.2, 0.25) is 0 Å². The first-order valence-corrected chi connectivity index (χ1v) is 18.4. The molecule has 11 nitrogen and oxygen atoms in total. The standard InChI is InChI=1S/C12H21NO4.C8H17NO2.C7H14O2.C2H6.CH3IOS/c1-4-5-9(2)11(14)7-13-6-10(8-16-3)17-12(13)15;1-6-4-7(9(2)3)5-8(10)11-6;1-7(6-8)4-3-5-9-2;1-2;1-3-4-2/h9-10H,4-8H2,1-3H3;6-8,10H,4-5H2,1-3H3;6-7H,3-5H2,1-2H3;1-2H3;1H3/t9-,10?;;;;/m1..../s1. The molecule has 1 N–H and O–H groups in total. The molecule has 0 bridgehead atoms. The first kappa shape index (κ1) is 46.9. The van der Waals surface area contributed by atoms with Crippen molar-refractivity contribution < 1.29 is 42.6 Å². The highest BCUT2D eigenvalue weighted by molar-refractivity contribution is 14.2. The van der Waals surface area contributed by atoms with Crippen LogP contribution in [0.15, 0.2) is 0 Å². The number of methoxy groups -OCH3 is 2. The molecule has 0 saturated carbocycles. The Bertz CT molecular complexity index is 668. The average molecular weight is 753 g/mol. The fourth-order valence-electron chi connectivity index (χ4n) is 4.05. The lowest BCUT2D eigenvalue weighted by molar-refractivity contribution is -0.172. The van der Waals surface area contributed by atoms with E-state index in [0.717, 1.165) is 51.4 Å². The number of nitrogens with zero attached hydrogens (tertiary/aromatic N) is 2. The zero-order chi connectivity index (χ0) is 33.8. The van der Waals surface area contributed by atoms with Gasteiger partial charge in [0.15, 0.2) is 12.1 Å². The highest BCUT2D eigenvalue weighted by Crippen LogP contribution is 2.20. The van der Waals surface area contributed by atoms with Crippen LogP contribution in [0.2, 0.25) is 0 Å².